The predicted molar refractivity (Wildman–Crippen MR) is 106 cm³/mol. The first-order chi connectivity index (χ1) is 13.0. The van der Waals surface area contributed by atoms with Crippen LogP contribution in [0.15, 0.2) is 91.0 Å². The minimum absolute atomic E-state index is 0.405. The second-order valence-electron chi connectivity index (χ2n) is 7.20. The van der Waals surface area contributed by atoms with Crippen LogP contribution in [0, 0.1) is 5.41 Å². The minimum Gasteiger partial charge on any atom is -0.453 e. The maximum Gasteiger partial charge on any atom is 0.338 e. The van der Waals surface area contributed by atoms with Gasteiger partial charge < -0.3 is 9.84 Å². The molecule has 0 saturated heterocycles. The second kappa shape index (κ2) is 8.19. The summed E-state index contributed by atoms with van der Waals surface area (Å²) in [5.74, 6) is -0.405. The van der Waals surface area contributed by atoms with Crippen LogP contribution in [-0.4, -0.2) is 11.1 Å². The summed E-state index contributed by atoms with van der Waals surface area (Å²) in [6.07, 6.45) is -1.41. The van der Waals surface area contributed by atoms with Crippen LogP contribution in [-0.2, 0) is 4.74 Å². The van der Waals surface area contributed by atoms with Crippen LogP contribution in [0.5, 0.6) is 0 Å². The molecule has 2 atom stereocenters. The largest absolute Gasteiger partial charge is 0.453 e. The van der Waals surface area contributed by atoms with Crippen molar-refractivity contribution in [3.8, 4) is 0 Å². The Kier molecular flexibility index (Phi) is 5.72. The Morgan fingerprint density at radius 3 is 1.74 bits per heavy atom. The fourth-order valence-corrected chi connectivity index (χ4v) is 3.23. The Balaban J connectivity index is 1.95. The van der Waals surface area contributed by atoms with Crippen LogP contribution >= 0.6 is 0 Å². The van der Waals surface area contributed by atoms with Gasteiger partial charge >= 0.3 is 5.97 Å². The maximum atomic E-state index is 12.7. The molecular formula is C24H24O3. The highest BCUT2D eigenvalue weighted by Crippen LogP contribution is 2.46. The molecule has 2 unspecified atom stereocenters. The van der Waals surface area contributed by atoms with Gasteiger partial charge in [0.15, 0.2) is 0 Å². The SMILES string of the molecule is CC(C)(C(O)c1ccccc1)C(OC(=O)c1ccccc1)c1ccccc1. The monoisotopic (exact) mass is 360 g/mol. The van der Waals surface area contributed by atoms with Gasteiger partial charge in [-0.1, -0.05) is 92.7 Å². The molecule has 0 spiro atoms. The molecule has 27 heavy (non-hydrogen) atoms. The van der Waals surface area contributed by atoms with E-state index in [2.05, 4.69) is 0 Å². The molecule has 3 aromatic carbocycles. The summed E-state index contributed by atoms with van der Waals surface area (Å²) < 4.78 is 5.93. The number of rotatable bonds is 6. The van der Waals surface area contributed by atoms with E-state index in [4.69, 9.17) is 4.74 Å². The van der Waals surface area contributed by atoms with Crippen molar-refractivity contribution in [3.63, 3.8) is 0 Å². The van der Waals surface area contributed by atoms with E-state index >= 15 is 0 Å². The first-order valence-electron chi connectivity index (χ1n) is 9.04. The lowest BCUT2D eigenvalue weighted by Crippen LogP contribution is -2.33. The van der Waals surface area contributed by atoms with Crippen molar-refractivity contribution in [2.24, 2.45) is 5.41 Å². The molecule has 0 saturated carbocycles. The van der Waals surface area contributed by atoms with E-state index in [0.29, 0.717) is 5.56 Å². The van der Waals surface area contributed by atoms with Crippen molar-refractivity contribution in [1.29, 1.82) is 0 Å². The van der Waals surface area contributed by atoms with Crippen LogP contribution in [0.2, 0.25) is 0 Å². The van der Waals surface area contributed by atoms with E-state index in [1.165, 1.54) is 0 Å². The number of carbonyl (C=O) groups excluding carboxylic acids is 1. The van der Waals surface area contributed by atoms with Crippen LogP contribution in [0.4, 0.5) is 0 Å². The van der Waals surface area contributed by atoms with Crippen molar-refractivity contribution >= 4 is 5.97 Å². The average Bonchev–Trinajstić information content (AvgIpc) is 2.73. The van der Waals surface area contributed by atoms with Gasteiger partial charge in [0.2, 0.25) is 0 Å². The van der Waals surface area contributed by atoms with Gasteiger partial charge in [0, 0.05) is 5.41 Å². The third-order valence-corrected chi connectivity index (χ3v) is 4.83. The summed E-state index contributed by atoms with van der Waals surface area (Å²) >= 11 is 0. The highest BCUT2D eigenvalue weighted by molar-refractivity contribution is 5.89. The van der Waals surface area contributed by atoms with E-state index in [1.54, 1.807) is 24.3 Å². The third kappa shape index (κ3) is 4.26. The normalized spacial score (nSPS) is 13.6. The zero-order valence-electron chi connectivity index (χ0n) is 15.6. The molecule has 0 aliphatic carbocycles. The van der Waals surface area contributed by atoms with Crippen molar-refractivity contribution in [2.45, 2.75) is 26.1 Å². The smallest absolute Gasteiger partial charge is 0.338 e. The van der Waals surface area contributed by atoms with Gasteiger partial charge in [0.25, 0.3) is 0 Å². The molecule has 0 amide bonds. The summed E-state index contributed by atoms with van der Waals surface area (Å²) in [6.45, 7) is 3.83. The van der Waals surface area contributed by atoms with E-state index in [-0.39, 0.29) is 0 Å². The standard InChI is InChI=1S/C24H24O3/c1-24(2,21(25)18-12-6-3-7-13-18)22(19-14-8-4-9-15-19)27-23(26)20-16-10-5-11-17-20/h3-17,21-22,25H,1-2H3. The van der Waals surface area contributed by atoms with Gasteiger partial charge in [0.05, 0.1) is 11.7 Å². The van der Waals surface area contributed by atoms with E-state index in [1.807, 2.05) is 80.6 Å². The molecule has 3 heteroatoms. The number of aliphatic hydroxyl groups is 1. The quantitative estimate of drug-likeness (QED) is 0.603. The van der Waals surface area contributed by atoms with Gasteiger partial charge in [-0.2, -0.15) is 0 Å². The van der Waals surface area contributed by atoms with Gasteiger partial charge in [-0.15, -0.1) is 0 Å². The van der Waals surface area contributed by atoms with Crippen LogP contribution in [0.1, 0.15) is 47.5 Å². The van der Waals surface area contributed by atoms with E-state index < -0.39 is 23.6 Å². The second-order valence-corrected chi connectivity index (χ2v) is 7.20. The molecule has 0 aromatic heterocycles. The third-order valence-electron chi connectivity index (χ3n) is 4.83. The summed E-state index contributed by atoms with van der Waals surface area (Å²) in [6, 6.07) is 27.9. The molecule has 0 aliphatic heterocycles. The lowest BCUT2D eigenvalue weighted by atomic mass is 9.75. The van der Waals surface area contributed by atoms with Gasteiger partial charge in [-0.05, 0) is 23.3 Å². The van der Waals surface area contributed by atoms with Crippen molar-refractivity contribution in [3.05, 3.63) is 108 Å². The number of aliphatic hydroxyl groups excluding tert-OH is 1. The average molecular weight is 360 g/mol. The maximum absolute atomic E-state index is 12.7. The molecule has 0 radical (unpaired) electrons. The Labute approximate surface area is 160 Å². The number of esters is 1. The Bertz CT molecular complexity index is 858. The topological polar surface area (TPSA) is 46.5 Å². The van der Waals surface area contributed by atoms with Crippen LogP contribution in [0.25, 0.3) is 0 Å². The van der Waals surface area contributed by atoms with E-state index in [9.17, 15) is 9.90 Å². The molecule has 0 aliphatic rings. The van der Waals surface area contributed by atoms with Crippen molar-refractivity contribution in [1.82, 2.24) is 0 Å². The fourth-order valence-electron chi connectivity index (χ4n) is 3.23. The van der Waals surface area contributed by atoms with Crippen LogP contribution in [0.3, 0.4) is 0 Å². The number of carbonyl (C=O) groups is 1. The van der Waals surface area contributed by atoms with Crippen LogP contribution < -0.4 is 0 Å². The summed E-state index contributed by atoms with van der Waals surface area (Å²) in [5.41, 5.74) is 1.39. The fraction of sp³-hybridized carbons (Fsp3) is 0.208. The zero-order valence-corrected chi connectivity index (χ0v) is 15.6. The molecule has 0 heterocycles. The number of hydrogen-bond acceptors (Lipinski definition) is 3. The predicted octanol–water partition coefficient (Wildman–Crippen LogP) is 5.34. The van der Waals surface area contributed by atoms with Gasteiger partial charge in [0.1, 0.15) is 6.10 Å². The molecule has 138 valence electrons. The number of hydrogen-bond donors (Lipinski definition) is 1. The molecule has 0 bridgehead atoms. The lowest BCUT2D eigenvalue weighted by molar-refractivity contribution is -0.0661. The molecule has 3 nitrogen and oxygen atoms in total. The van der Waals surface area contributed by atoms with Gasteiger partial charge in [-0.25, -0.2) is 4.79 Å². The first-order valence-corrected chi connectivity index (χ1v) is 9.04. The lowest BCUT2D eigenvalue weighted by Gasteiger charge is -2.38. The Hall–Kier alpha value is -2.91. The number of ether oxygens (including phenoxy) is 1. The molecule has 1 N–H and O–H groups in total. The molecule has 3 rings (SSSR count). The van der Waals surface area contributed by atoms with Gasteiger partial charge in [-0.3, -0.25) is 0 Å². The summed E-state index contributed by atoms with van der Waals surface area (Å²) in [4.78, 5) is 12.7. The number of benzene rings is 3. The van der Waals surface area contributed by atoms with E-state index in [0.717, 1.165) is 11.1 Å². The summed E-state index contributed by atoms with van der Waals surface area (Å²) in [7, 11) is 0. The van der Waals surface area contributed by atoms with Crippen molar-refractivity contribution in [2.75, 3.05) is 0 Å². The minimum atomic E-state index is -0.799. The zero-order chi connectivity index (χ0) is 19.3. The highest BCUT2D eigenvalue weighted by atomic mass is 16.5. The molecule has 0 fully saturated rings. The Morgan fingerprint density at radius 1 is 0.778 bits per heavy atom. The summed E-state index contributed by atoms with van der Waals surface area (Å²) in [5, 5.41) is 11.1. The Morgan fingerprint density at radius 2 is 1.22 bits per heavy atom. The molecule has 3 aromatic rings. The highest BCUT2D eigenvalue weighted by Gasteiger charge is 2.41. The molecular weight excluding hydrogens is 336 g/mol. The van der Waals surface area contributed by atoms with Crippen molar-refractivity contribution < 1.29 is 14.6 Å². The first kappa shape index (κ1) is 18.9.